The van der Waals surface area contributed by atoms with E-state index in [0.29, 0.717) is 11.6 Å². The van der Waals surface area contributed by atoms with E-state index in [9.17, 15) is 0 Å². The molecular weight excluding hydrogens is 252 g/mol. The van der Waals surface area contributed by atoms with Crippen molar-refractivity contribution in [3.8, 4) is 0 Å². The van der Waals surface area contributed by atoms with E-state index in [2.05, 4.69) is 9.97 Å². The van der Waals surface area contributed by atoms with Crippen molar-refractivity contribution in [3.63, 3.8) is 0 Å². The quantitative estimate of drug-likeness (QED) is 0.773. The summed E-state index contributed by atoms with van der Waals surface area (Å²) < 4.78 is 5.48. The molecule has 0 atom stereocenters. The molecule has 102 valence electrons. The van der Waals surface area contributed by atoms with Crippen LogP contribution in [0.4, 0.5) is 17.2 Å². The van der Waals surface area contributed by atoms with Crippen LogP contribution in [0.3, 0.4) is 0 Å². The van der Waals surface area contributed by atoms with E-state index >= 15 is 0 Å². The molecule has 5 nitrogen and oxygen atoms in total. The summed E-state index contributed by atoms with van der Waals surface area (Å²) in [7, 11) is 1.96. The number of rotatable bonds is 2. The molecule has 0 spiro atoms. The molecule has 0 saturated carbocycles. The first kappa shape index (κ1) is 12.5. The molecule has 3 rings (SSSR count). The maximum atomic E-state index is 5.80. The number of anilines is 3. The van der Waals surface area contributed by atoms with Gasteiger partial charge in [0.2, 0.25) is 0 Å². The van der Waals surface area contributed by atoms with Gasteiger partial charge in [-0.1, -0.05) is 0 Å². The number of aryl methyl sites for hydroxylation is 2. The normalized spacial score (nSPS) is 10.9. The molecule has 0 aliphatic carbocycles. The highest BCUT2D eigenvalue weighted by Gasteiger charge is 2.09. The zero-order valence-electron chi connectivity index (χ0n) is 11.7. The number of hydrogen-bond donors (Lipinski definition) is 1. The van der Waals surface area contributed by atoms with Crippen LogP contribution in [-0.2, 0) is 0 Å². The SMILES string of the molecule is Cc1nc2cc(N(C)c3ccc(N)c(C)n3)ccc2o1. The zero-order valence-corrected chi connectivity index (χ0v) is 11.7. The molecule has 2 aromatic heterocycles. The molecule has 20 heavy (non-hydrogen) atoms. The highest BCUT2D eigenvalue weighted by molar-refractivity contribution is 5.79. The van der Waals surface area contributed by atoms with Crippen LogP contribution in [0.1, 0.15) is 11.6 Å². The second kappa shape index (κ2) is 4.52. The van der Waals surface area contributed by atoms with Crippen molar-refractivity contribution in [1.29, 1.82) is 0 Å². The highest BCUT2D eigenvalue weighted by Crippen LogP contribution is 2.27. The fourth-order valence-electron chi connectivity index (χ4n) is 2.12. The third kappa shape index (κ3) is 2.07. The summed E-state index contributed by atoms with van der Waals surface area (Å²) in [6.07, 6.45) is 0. The maximum absolute atomic E-state index is 5.80. The first-order valence-electron chi connectivity index (χ1n) is 6.38. The minimum absolute atomic E-state index is 0.668. The molecule has 0 aliphatic heterocycles. The van der Waals surface area contributed by atoms with Gasteiger partial charge in [-0.3, -0.25) is 0 Å². The van der Waals surface area contributed by atoms with Gasteiger partial charge >= 0.3 is 0 Å². The molecule has 0 amide bonds. The monoisotopic (exact) mass is 268 g/mol. The highest BCUT2D eigenvalue weighted by atomic mass is 16.3. The molecule has 5 heteroatoms. The van der Waals surface area contributed by atoms with E-state index < -0.39 is 0 Å². The molecule has 0 bridgehead atoms. The minimum atomic E-state index is 0.668. The molecule has 3 aromatic rings. The fourth-order valence-corrected chi connectivity index (χ4v) is 2.12. The van der Waals surface area contributed by atoms with Gasteiger partial charge in [0.1, 0.15) is 11.3 Å². The van der Waals surface area contributed by atoms with Crippen LogP contribution in [0, 0.1) is 13.8 Å². The number of benzene rings is 1. The van der Waals surface area contributed by atoms with Gasteiger partial charge in [-0.25, -0.2) is 9.97 Å². The molecule has 0 radical (unpaired) electrons. The standard InChI is InChI=1S/C15H16N4O/c1-9-12(16)5-7-15(17-9)19(3)11-4-6-14-13(8-11)18-10(2)20-14/h4-8H,16H2,1-3H3. The Balaban J connectivity index is 2.02. The number of aromatic nitrogens is 2. The predicted molar refractivity (Wildman–Crippen MR) is 80.2 cm³/mol. The van der Waals surface area contributed by atoms with Gasteiger partial charge in [0.05, 0.1) is 11.4 Å². The molecule has 0 aliphatic rings. The Labute approximate surface area is 117 Å². The third-order valence-electron chi connectivity index (χ3n) is 3.32. The number of pyridine rings is 1. The van der Waals surface area contributed by atoms with Crippen molar-refractivity contribution in [1.82, 2.24) is 9.97 Å². The minimum Gasteiger partial charge on any atom is -0.441 e. The van der Waals surface area contributed by atoms with Crippen molar-refractivity contribution in [2.24, 2.45) is 0 Å². The van der Waals surface area contributed by atoms with Crippen LogP contribution < -0.4 is 10.6 Å². The Bertz CT molecular complexity index is 779. The summed E-state index contributed by atoms with van der Waals surface area (Å²) in [5.41, 5.74) is 9.97. The maximum Gasteiger partial charge on any atom is 0.192 e. The topological polar surface area (TPSA) is 68.2 Å². The summed E-state index contributed by atoms with van der Waals surface area (Å²) >= 11 is 0. The Morgan fingerprint density at radius 1 is 1.10 bits per heavy atom. The number of nitrogens with zero attached hydrogens (tertiary/aromatic N) is 3. The molecule has 0 unspecified atom stereocenters. The molecule has 2 heterocycles. The molecule has 0 saturated heterocycles. The van der Waals surface area contributed by atoms with E-state index in [1.54, 1.807) is 0 Å². The zero-order chi connectivity index (χ0) is 14.3. The van der Waals surface area contributed by atoms with Crippen molar-refractivity contribution in [2.45, 2.75) is 13.8 Å². The smallest absolute Gasteiger partial charge is 0.192 e. The second-order valence-corrected chi connectivity index (χ2v) is 4.79. The fraction of sp³-hybridized carbons (Fsp3) is 0.200. The van der Waals surface area contributed by atoms with Gasteiger partial charge in [-0.2, -0.15) is 0 Å². The number of hydrogen-bond acceptors (Lipinski definition) is 5. The first-order valence-corrected chi connectivity index (χ1v) is 6.38. The number of nitrogens with two attached hydrogens (primary N) is 1. The largest absolute Gasteiger partial charge is 0.441 e. The Morgan fingerprint density at radius 3 is 2.65 bits per heavy atom. The second-order valence-electron chi connectivity index (χ2n) is 4.79. The van der Waals surface area contributed by atoms with Crippen molar-refractivity contribution >= 4 is 28.3 Å². The summed E-state index contributed by atoms with van der Waals surface area (Å²) in [6.45, 7) is 3.74. The van der Waals surface area contributed by atoms with Crippen LogP contribution in [0.25, 0.3) is 11.1 Å². The predicted octanol–water partition coefficient (Wildman–Crippen LogP) is 3.19. The molecule has 2 N–H and O–H groups in total. The number of oxazole rings is 1. The van der Waals surface area contributed by atoms with Crippen LogP contribution in [0.5, 0.6) is 0 Å². The lowest BCUT2D eigenvalue weighted by molar-refractivity contribution is 0.561. The molecule has 1 aromatic carbocycles. The van der Waals surface area contributed by atoms with Crippen LogP contribution in [0.15, 0.2) is 34.7 Å². The average molecular weight is 268 g/mol. The van der Waals surface area contributed by atoms with Crippen LogP contribution in [0.2, 0.25) is 0 Å². The number of nitrogen functional groups attached to an aromatic ring is 1. The summed E-state index contributed by atoms with van der Waals surface area (Å²) in [5.74, 6) is 1.51. The summed E-state index contributed by atoms with van der Waals surface area (Å²) in [6, 6.07) is 9.67. The number of fused-ring (bicyclic) bond motifs is 1. The van der Waals surface area contributed by atoms with Crippen LogP contribution >= 0.6 is 0 Å². The molecular formula is C15H16N4O. The Kier molecular flexibility index (Phi) is 2.82. The summed E-state index contributed by atoms with van der Waals surface area (Å²) in [5, 5.41) is 0. The van der Waals surface area contributed by atoms with E-state index in [4.69, 9.17) is 10.2 Å². The van der Waals surface area contributed by atoms with E-state index in [1.807, 2.05) is 56.1 Å². The van der Waals surface area contributed by atoms with Crippen molar-refractivity contribution < 1.29 is 4.42 Å². The van der Waals surface area contributed by atoms with E-state index in [-0.39, 0.29) is 0 Å². The Morgan fingerprint density at radius 2 is 1.90 bits per heavy atom. The average Bonchev–Trinajstić information content (AvgIpc) is 2.80. The van der Waals surface area contributed by atoms with Gasteiger partial charge in [-0.15, -0.1) is 0 Å². The van der Waals surface area contributed by atoms with Crippen LogP contribution in [-0.4, -0.2) is 17.0 Å². The van der Waals surface area contributed by atoms with Gasteiger partial charge in [0.25, 0.3) is 0 Å². The van der Waals surface area contributed by atoms with Gasteiger partial charge in [0, 0.05) is 19.7 Å². The van der Waals surface area contributed by atoms with Gasteiger partial charge < -0.3 is 15.1 Å². The van der Waals surface area contributed by atoms with Gasteiger partial charge in [-0.05, 0) is 37.3 Å². The first-order chi connectivity index (χ1) is 9.54. The lowest BCUT2D eigenvalue weighted by Gasteiger charge is -2.19. The van der Waals surface area contributed by atoms with E-state index in [0.717, 1.165) is 28.3 Å². The summed E-state index contributed by atoms with van der Waals surface area (Å²) in [4.78, 5) is 10.8. The lowest BCUT2D eigenvalue weighted by Crippen LogP contribution is -2.12. The lowest BCUT2D eigenvalue weighted by atomic mass is 10.2. The Hall–Kier alpha value is -2.56. The molecule has 0 fully saturated rings. The van der Waals surface area contributed by atoms with E-state index in [1.165, 1.54) is 0 Å². The van der Waals surface area contributed by atoms with Crippen molar-refractivity contribution in [3.05, 3.63) is 41.9 Å². The van der Waals surface area contributed by atoms with Gasteiger partial charge in [0.15, 0.2) is 11.5 Å². The third-order valence-corrected chi connectivity index (χ3v) is 3.32. The van der Waals surface area contributed by atoms with Crippen molar-refractivity contribution in [2.75, 3.05) is 17.7 Å².